The second kappa shape index (κ2) is 20.1. The van der Waals surface area contributed by atoms with E-state index in [2.05, 4.69) is 10.3 Å². The first-order valence-electron chi connectivity index (χ1n) is 16.9. The predicted octanol–water partition coefficient (Wildman–Crippen LogP) is 4.10. The number of sulfone groups is 1. The highest BCUT2D eigenvalue weighted by atomic mass is 32.2. The van der Waals surface area contributed by atoms with E-state index in [1.807, 2.05) is 6.92 Å². The Morgan fingerprint density at radius 3 is 1.98 bits per heavy atom. The molecule has 0 spiro atoms. The standard InChI is InChI=1S/C36H46FN3O11S/c1-5-38-35(41)31-23-28-29(24-40(3)36(42)34(28)39-31)27-22-26(52(4,43)44)8-10-32(27)51-33-9-7-25(21-30(33)37)50-20-19-49-18-17-48-16-15-47-14-13-46-12-11-45-6-2/h7-10,21-24,39H,5-6,11-20H2,1-4H3,(H,38,41). The lowest BCUT2D eigenvalue weighted by molar-refractivity contribution is -0.0119. The molecular formula is C36H46FN3O11S. The summed E-state index contributed by atoms with van der Waals surface area (Å²) in [5, 5.41) is 3.04. The van der Waals surface area contributed by atoms with Gasteiger partial charge in [0.15, 0.2) is 21.4 Å². The van der Waals surface area contributed by atoms with Crippen molar-refractivity contribution in [3.05, 3.63) is 70.5 Å². The fourth-order valence-electron chi connectivity index (χ4n) is 4.98. The van der Waals surface area contributed by atoms with Crippen LogP contribution in [-0.2, 0) is 40.6 Å². The Balaban J connectivity index is 1.35. The number of rotatable bonds is 23. The Labute approximate surface area is 302 Å². The lowest BCUT2D eigenvalue weighted by Crippen LogP contribution is -2.23. The van der Waals surface area contributed by atoms with Crippen molar-refractivity contribution in [1.29, 1.82) is 0 Å². The highest BCUT2D eigenvalue weighted by Crippen LogP contribution is 2.39. The number of aromatic amines is 1. The van der Waals surface area contributed by atoms with Crippen molar-refractivity contribution in [1.82, 2.24) is 14.9 Å². The molecule has 0 saturated carbocycles. The summed E-state index contributed by atoms with van der Waals surface area (Å²) in [5.74, 6) is -0.922. The van der Waals surface area contributed by atoms with Crippen LogP contribution in [0.25, 0.3) is 22.0 Å². The molecular weight excluding hydrogens is 701 g/mol. The summed E-state index contributed by atoms with van der Waals surface area (Å²) in [6.45, 7) is 8.85. The minimum Gasteiger partial charge on any atom is -0.491 e. The third-order valence-electron chi connectivity index (χ3n) is 7.53. The highest BCUT2D eigenvalue weighted by molar-refractivity contribution is 7.90. The molecule has 0 unspecified atom stereocenters. The van der Waals surface area contributed by atoms with E-state index in [9.17, 15) is 18.0 Å². The summed E-state index contributed by atoms with van der Waals surface area (Å²) in [6.07, 6.45) is 2.57. The van der Waals surface area contributed by atoms with Gasteiger partial charge >= 0.3 is 0 Å². The van der Waals surface area contributed by atoms with Crippen LogP contribution in [0, 0.1) is 5.82 Å². The molecule has 0 fully saturated rings. The quantitative estimate of drug-likeness (QED) is 0.105. The number of hydrogen-bond acceptors (Lipinski definition) is 11. The molecule has 14 nitrogen and oxygen atoms in total. The first-order valence-corrected chi connectivity index (χ1v) is 18.8. The molecule has 2 aromatic carbocycles. The summed E-state index contributed by atoms with van der Waals surface area (Å²) in [4.78, 5) is 28.5. The average Bonchev–Trinajstić information content (AvgIpc) is 3.57. The van der Waals surface area contributed by atoms with E-state index in [4.69, 9.17) is 33.2 Å². The third-order valence-corrected chi connectivity index (χ3v) is 8.64. The summed E-state index contributed by atoms with van der Waals surface area (Å²) >= 11 is 0. The Bertz CT molecular complexity index is 1950. The topological polar surface area (TPSA) is 166 Å². The number of H-pyrrole nitrogens is 1. The van der Waals surface area contributed by atoms with Gasteiger partial charge in [-0.2, -0.15) is 0 Å². The van der Waals surface area contributed by atoms with Gasteiger partial charge in [-0.3, -0.25) is 9.59 Å². The molecule has 52 heavy (non-hydrogen) atoms. The number of aryl methyl sites for hydroxylation is 1. The van der Waals surface area contributed by atoms with Gasteiger partial charge in [-0.15, -0.1) is 0 Å². The zero-order chi connectivity index (χ0) is 37.5. The van der Waals surface area contributed by atoms with Crippen LogP contribution in [0.5, 0.6) is 17.2 Å². The molecule has 4 aromatic rings. The summed E-state index contributed by atoms with van der Waals surface area (Å²) < 4.78 is 80.3. The van der Waals surface area contributed by atoms with Crippen molar-refractivity contribution in [2.24, 2.45) is 7.05 Å². The molecule has 16 heteroatoms. The largest absolute Gasteiger partial charge is 0.491 e. The average molecular weight is 748 g/mol. The summed E-state index contributed by atoms with van der Waals surface area (Å²) in [5.41, 5.74) is 0.535. The number of aromatic nitrogens is 2. The molecule has 4 rings (SSSR count). The maximum atomic E-state index is 15.3. The van der Waals surface area contributed by atoms with Crippen molar-refractivity contribution in [3.63, 3.8) is 0 Å². The van der Waals surface area contributed by atoms with Gasteiger partial charge < -0.3 is 48.0 Å². The van der Waals surface area contributed by atoms with Gasteiger partial charge in [0.05, 0.1) is 64.4 Å². The van der Waals surface area contributed by atoms with Crippen LogP contribution in [0.3, 0.4) is 0 Å². The summed E-state index contributed by atoms with van der Waals surface area (Å²) in [6, 6.07) is 9.76. The molecule has 284 valence electrons. The number of amides is 1. The zero-order valence-corrected chi connectivity index (χ0v) is 30.6. The number of ether oxygens (including phenoxy) is 7. The van der Waals surface area contributed by atoms with Crippen LogP contribution in [-0.4, -0.2) is 109 Å². The maximum Gasteiger partial charge on any atom is 0.274 e. The zero-order valence-electron chi connectivity index (χ0n) is 29.8. The van der Waals surface area contributed by atoms with E-state index < -0.39 is 27.1 Å². The number of carbonyl (C=O) groups is 1. The van der Waals surface area contributed by atoms with Crippen molar-refractivity contribution >= 4 is 26.6 Å². The third kappa shape index (κ3) is 11.6. The van der Waals surface area contributed by atoms with E-state index in [1.54, 1.807) is 6.92 Å². The van der Waals surface area contributed by atoms with E-state index in [0.717, 1.165) is 6.26 Å². The van der Waals surface area contributed by atoms with Crippen LogP contribution in [0.2, 0.25) is 0 Å². The molecule has 0 aliphatic carbocycles. The van der Waals surface area contributed by atoms with Crippen LogP contribution >= 0.6 is 0 Å². The Morgan fingerprint density at radius 2 is 1.40 bits per heavy atom. The number of fused-ring (bicyclic) bond motifs is 1. The number of pyridine rings is 1. The van der Waals surface area contributed by atoms with Gasteiger partial charge in [-0.1, -0.05) is 0 Å². The first-order chi connectivity index (χ1) is 25.0. The highest BCUT2D eigenvalue weighted by Gasteiger charge is 2.21. The SMILES string of the molecule is CCNC(=O)c1cc2c(-c3cc(S(C)(=O)=O)ccc3Oc3ccc(OCCOCCOCCOCCOCCOCC)cc3F)cn(C)c(=O)c2[nH]1. The van der Waals surface area contributed by atoms with Gasteiger partial charge in [0, 0.05) is 55.2 Å². The molecule has 2 N–H and O–H groups in total. The lowest BCUT2D eigenvalue weighted by Gasteiger charge is -2.15. The molecule has 2 aromatic heterocycles. The first kappa shape index (κ1) is 40.5. The van der Waals surface area contributed by atoms with Gasteiger partial charge in [0.2, 0.25) is 0 Å². The minimum atomic E-state index is -3.67. The normalized spacial score (nSPS) is 11.6. The smallest absolute Gasteiger partial charge is 0.274 e. The molecule has 0 aliphatic rings. The Hall–Kier alpha value is -4.32. The molecule has 0 bridgehead atoms. The van der Waals surface area contributed by atoms with Crippen LogP contribution in [0.1, 0.15) is 24.3 Å². The maximum absolute atomic E-state index is 15.3. The van der Waals surface area contributed by atoms with Gasteiger partial charge in [-0.05, 0) is 50.2 Å². The second-order valence-electron chi connectivity index (χ2n) is 11.4. The molecule has 2 heterocycles. The minimum absolute atomic E-state index is 0.0192. The van der Waals surface area contributed by atoms with Crippen LogP contribution < -0.4 is 20.3 Å². The van der Waals surface area contributed by atoms with Gasteiger partial charge in [0.25, 0.3) is 11.5 Å². The Morgan fingerprint density at radius 1 is 0.808 bits per heavy atom. The second-order valence-corrected chi connectivity index (χ2v) is 13.4. The number of nitrogens with one attached hydrogen (secondary N) is 2. The number of carbonyl (C=O) groups excluding carboxylic acids is 1. The van der Waals surface area contributed by atoms with Crippen molar-refractivity contribution in [3.8, 4) is 28.4 Å². The predicted molar refractivity (Wildman–Crippen MR) is 192 cm³/mol. The van der Waals surface area contributed by atoms with E-state index in [1.165, 1.54) is 60.3 Å². The number of nitrogens with zero attached hydrogens (tertiary/aromatic N) is 1. The van der Waals surface area contributed by atoms with Crippen molar-refractivity contribution in [2.75, 3.05) is 85.5 Å². The fraction of sp³-hybridized carbons (Fsp3) is 0.444. The number of benzene rings is 2. The number of halogens is 1. The lowest BCUT2D eigenvalue weighted by atomic mass is 10.0. The molecule has 0 atom stereocenters. The monoisotopic (exact) mass is 747 g/mol. The van der Waals surface area contributed by atoms with Crippen LogP contribution in [0.15, 0.2) is 58.4 Å². The van der Waals surface area contributed by atoms with Gasteiger partial charge in [-0.25, -0.2) is 12.8 Å². The van der Waals surface area contributed by atoms with Crippen molar-refractivity contribution < 1.29 is 50.8 Å². The molecule has 1 amide bonds. The molecule has 0 saturated heterocycles. The van der Waals surface area contributed by atoms with E-state index in [0.29, 0.717) is 77.0 Å². The van der Waals surface area contributed by atoms with E-state index in [-0.39, 0.29) is 52.1 Å². The van der Waals surface area contributed by atoms with Crippen molar-refractivity contribution in [2.45, 2.75) is 18.7 Å². The molecule has 0 radical (unpaired) electrons. The number of hydrogen-bond donors (Lipinski definition) is 2. The molecule has 0 aliphatic heterocycles. The van der Waals surface area contributed by atoms with Gasteiger partial charge in [0.1, 0.15) is 29.3 Å². The summed E-state index contributed by atoms with van der Waals surface area (Å²) in [7, 11) is -2.14. The van der Waals surface area contributed by atoms with Crippen LogP contribution in [0.4, 0.5) is 4.39 Å². The Kier molecular flexibility index (Phi) is 15.6. The fourth-order valence-corrected chi connectivity index (χ4v) is 5.63. The van der Waals surface area contributed by atoms with E-state index >= 15 is 4.39 Å².